The highest BCUT2D eigenvalue weighted by Gasteiger charge is 2.09. The van der Waals surface area contributed by atoms with Crippen molar-refractivity contribution in [2.75, 3.05) is 13.7 Å². The van der Waals surface area contributed by atoms with Crippen molar-refractivity contribution in [3.05, 3.63) is 23.8 Å². The molecule has 0 heterocycles. The molecule has 2 nitrogen and oxygen atoms in total. The predicted octanol–water partition coefficient (Wildman–Crippen LogP) is 4.50. The molecule has 1 aromatic rings. The number of halogens is 1. The Kier molecular flexibility index (Phi) is 6.34. The SMILES string of the molecule is COc1ccc(CCl)c(OCC(C)CC(C)C)c1. The highest BCUT2D eigenvalue weighted by Crippen LogP contribution is 2.27. The van der Waals surface area contributed by atoms with Gasteiger partial charge in [-0.25, -0.2) is 0 Å². The van der Waals surface area contributed by atoms with Gasteiger partial charge in [-0.1, -0.05) is 26.8 Å². The van der Waals surface area contributed by atoms with Crippen LogP contribution in [0.15, 0.2) is 18.2 Å². The van der Waals surface area contributed by atoms with E-state index in [1.165, 1.54) is 6.42 Å². The average molecular weight is 271 g/mol. The summed E-state index contributed by atoms with van der Waals surface area (Å²) in [7, 11) is 1.65. The number of rotatable bonds is 7. The molecule has 0 aromatic heterocycles. The molecule has 0 bridgehead atoms. The lowest BCUT2D eigenvalue weighted by Crippen LogP contribution is -2.11. The van der Waals surface area contributed by atoms with Crippen molar-refractivity contribution in [1.82, 2.24) is 0 Å². The lowest BCUT2D eigenvalue weighted by atomic mass is 10.00. The Bertz CT molecular complexity index is 364. The fraction of sp³-hybridized carbons (Fsp3) is 0.600. The molecule has 3 heteroatoms. The van der Waals surface area contributed by atoms with Crippen molar-refractivity contribution in [2.24, 2.45) is 11.8 Å². The van der Waals surface area contributed by atoms with Gasteiger partial charge in [0.05, 0.1) is 19.6 Å². The summed E-state index contributed by atoms with van der Waals surface area (Å²) in [6, 6.07) is 5.76. The van der Waals surface area contributed by atoms with Crippen LogP contribution < -0.4 is 9.47 Å². The van der Waals surface area contributed by atoms with Crippen molar-refractivity contribution in [1.29, 1.82) is 0 Å². The van der Waals surface area contributed by atoms with E-state index in [0.717, 1.165) is 23.7 Å². The third-order valence-corrected chi connectivity index (χ3v) is 3.10. The molecule has 0 amide bonds. The maximum absolute atomic E-state index is 5.91. The van der Waals surface area contributed by atoms with Crippen molar-refractivity contribution < 1.29 is 9.47 Å². The van der Waals surface area contributed by atoms with Gasteiger partial charge >= 0.3 is 0 Å². The van der Waals surface area contributed by atoms with Crippen molar-refractivity contribution in [2.45, 2.75) is 33.1 Å². The van der Waals surface area contributed by atoms with Gasteiger partial charge in [-0.05, 0) is 24.3 Å². The Morgan fingerprint density at radius 3 is 2.50 bits per heavy atom. The summed E-state index contributed by atoms with van der Waals surface area (Å²) in [6.07, 6.45) is 1.17. The Balaban J connectivity index is 2.64. The molecule has 0 saturated carbocycles. The molecular weight excluding hydrogens is 248 g/mol. The number of methoxy groups -OCH3 is 1. The Morgan fingerprint density at radius 2 is 1.94 bits per heavy atom. The van der Waals surface area contributed by atoms with Crippen molar-refractivity contribution in [3.63, 3.8) is 0 Å². The highest BCUT2D eigenvalue weighted by molar-refractivity contribution is 6.17. The smallest absolute Gasteiger partial charge is 0.127 e. The van der Waals surface area contributed by atoms with E-state index in [1.54, 1.807) is 7.11 Å². The van der Waals surface area contributed by atoms with Gasteiger partial charge < -0.3 is 9.47 Å². The van der Waals surface area contributed by atoms with E-state index in [9.17, 15) is 0 Å². The Morgan fingerprint density at radius 1 is 1.22 bits per heavy atom. The lowest BCUT2D eigenvalue weighted by Gasteiger charge is -2.17. The van der Waals surface area contributed by atoms with Crippen LogP contribution in [0.1, 0.15) is 32.8 Å². The maximum atomic E-state index is 5.91. The normalized spacial score (nSPS) is 12.6. The summed E-state index contributed by atoms with van der Waals surface area (Å²) in [5.74, 6) is 3.33. The van der Waals surface area contributed by atoms with Gasteiger partial charge in [-0.3, -0.25) is 0 Å². The van der Waals surface area contributed by atoms with Crippen LogP contribution in [0.5, 0.6) is 11.5 Å². The van der Waals surface area contributed by atoms with Crippen LogP contribution in [0.25, 0.3) is 0 Å². The van der Waals surface area contributed by atoms with Gasteiger partial charge in [0, 0.05) is 11.6 Å². The summed E-state index contributed by atoms with van der Waals surface area (Å²) < 4.78 is 11.1. The second kappa shape index (κ2) is 7.52. The molecule has 1 unspecified atom stereocenters. The summed E-state index contributed by atoms with van der Waals surface area (Å²) in [5, 5.41) is 0. The first kappa shape index (κ1) is 15.2. The number of alkyl halides is 1. The van der Waals surface area contributed by atoms with Crippen LogP contribution in [0, 0.1) is 11.8 Å². The molecule has 1 aromatic carbocycles. The van der Waals surface area contributed by atoms with Gasteiger partial charge in [-0.2, -0.15) is 0 Å². The van der Waals surface area contributed by atoms with E-state index in [2.05, 4.69) is 20.8 Å². The number of hydrogen-bond acceptors (Lipinski definition) is 2. The second-order valence-corrected chi connectivity index (χ2v) is 5.42. The van der Waals surface area contributed by atoms with Gasteiger partial charge in [-0.15, -0.1) is 11.6 Å². The second-order valence-electron chi connectivity index (χ2n) is 5.15. The summed E-state index contributed by atoms with van der Waals surface area (Å²) in [6.45, 7) is 7.38. The van der Waals surface area contributed by atoms with E-state index in [-0.39, 0.29) is 0 Å². The molecule has 0 saturated heterocycles. The zero-order valence-corrected chi connectivity index (χ0v) is 12.5. The Hall–Kier alpha value is -0.890. The molecule has 1 atom stereocenters. The molecule has 0 spiro atoms. The Labute approximate surface area is 115 Å². The fourth-order valence-electron chi connectivity index (χ4n) is 2.01. The van der Waals surface area contributed by atoms with Crippen molar-refractivity contribution in [3.8, 4) is 11.5 Å². The molecule has 0 fully saturated rings. The molecule has 1 rings (SSSR count). The number of ether oxygens (including phenoxy) is 2. The number of hydrogen-bond donors (Lipinski definition) is 0. The lowest BCUT2D eigenvalue weighted by molar-refractivity contribution is 0.236. The van der Waals surface area contributed by atoms with E-state index >= 15 is 0 Å². The molecule has 18 heavy (non-hydrogen) atoms. The third kappa shape index (κ3) is 4.77. The zero-order valence-electron chi connectivity index (χ0n) is 11.7. The minimum atomic E-state index is 0.456. The predicted molar refractivity (Wildman–Crippen MR) is 76.7 cm³/mol. The molecular formula is C15H23ClO2. The number of benzene rings is 1. The highest BCUT2D eigenvalue weighted by atomic mass is 35.5. The summed E-state index contributed by atoms with van der Waals surface area (Å²) >= 11 is 5.91. The zero-order chi connectivity index (χ0) is 13.5. The van der Waals surface area contributed by atoms with Gasteiger partial charge in [0.1, 0.15) is 11.5 Å². The van der Waals surface area contributed by atoms with Gasteiger partial charge in [0.2, 0.25) is 0 Å². The molecule has 0 aliphatic heterocycles. The van der Waals surface area contributed by atoms with E-state index in [1.807, 2.05) is 18.2 Å². The maximum Gasteiger partial charge on any atom is 0.127 e. The molecule has 0 N–H and O–H groups in total. The standard InChI is InChI=1S/C15H23ClO2/c1-11(2)7-12(3)10-18-15-8-14(17-4)6-5-13(15)9-16/h5-6,8,11-12H,7,9-10H2,1-4H3. The minimum Gasteiger partial charge on any atom is -0.497 e. The van der Waals surface area contributed by atoms with Crippen LogP contribution >= 0.6 is 11.6 Å². The van der Waals surface area contributed by atoms with Crippen LogP contribution in [-0.4, -0.2) is 13.7 Å². The summed E-state index contributed by atoms with van der Waals surface area (Å²) in [4.78, 5) is 0. The van der Waals surface area contributed by atoms with Crippen LogP contribution in [0.2, 0.25) is 0 Å². The topological polar surface area (TPSA) is 18.5 Å². The average Bonchev–Trinajstić information content (AvgIpc) is 2.35. The first-order valence-electron chi connectivity index (χ1n) is 6.42. The van der Waals surface area contributed by atoms with E-state index in [0.29, 0.717) is 17.7 Å². The fourth-order valence-corrected chi connectivity index (χ4v) is 2.23. The monoisotopic (exact) mass is 270 g/mol. The van der Waals surface area contributed by atoms with Crippen LogP contribution in [0.4, 0.5) is 0 Å². The quantitative estimate of drug-likeness (QED) is 0.680. The minimum absolute atomic E-state index is 0.456. The molecule has 0 aliphatic rings. The molecule has 0 aliphatic carbocycles. The molecule has 102 valence electrons. The van der Waals surface area contributed by atoms with E-state index < -0.39 is 0 Å². The molecule has 0 radical (unpaired) electrons. The van der Waals surface area contributed by atoms with Gasteiger partial charge in [0.15, 0.2) is 0 Å². The summed E-state index contributed by atoms with van der Waals surface area (Å²) in [5.41, 5.74) is 1.01. The van der Waals surface area contributed by atoms with E-state index in [4.69, 9.17) is 21.1 Å². The first-order valence-corrected chi connectivity index (χ1v) is 6.96. The third-order valence-electron chi connectivity index (χ3n) is 2.82. The first-order chi connectivity index (χ1) is 8.56. The largest absolute Gasteiger partial charge is 0.497 e. The van der Waals surface area contributed by atoms with Gasteiger partial charge in [0.25, 0.3) is 0 Å². The van der Waals surface area contributed by atoms with Crippen LogP contribution in [0.3, 0.4) is 0 Å². The van der Waals surface area contributed by atoms with Crippen molar-refractivity contribution >= 4 is 11.6 Å². The van der Waals surface area contributed by atoms with Crippen LogP contribution in [-0.2, 0) is 5.88 Å².